The number of fused-ring (bicyclic) bond motifs is 1. The highest BCUT2D eigenvalue weighted by Crippen LogP contribution is 2.32. The van der Waals surface area contributed by atoms with Gasteiger partial charge < -0.3 is 14.2 Å². The Morgan fingerprint density at radius 1 is 1.07 bits per heavy atom. The fourth-order valence-electron chi connectivity index (χ4n) is 4.75. The highest BCUT2D eigenvalue weighted by Gasteiger charge is 2.33. The van der Waals surface area contributed by atoms with Crippen LogP contribution in [-0.2, 0) is 16.1 Å². The molecule has 0 aliphatic carbocycles. The monoisotopic (exact) mass is 602 g/mol. The minimum atomic E-state index is -0.706. The number of carbonyl (C=O) groups excluding carboxylic acids is 1. The molecule has 0 saturated carbocycles. The summed E-state index contributed by atoms with van der Waals surface area (Å²) in [7, 11) is 0. The van der Waals surface area contributed by atoms with E-state index in [4.69, 9.17) is 25.8 Å². The van der Waals surface area contributed by atoms with Crippen LogP contribution in [0.1, 0.15) is 50.4 Å². The zero-order chi connectivity index (χ0) is 29.8. The van der Waals surface area contributed by atoms with E-state index in [1.54, 1.807) is 24.5 Å². The van der Waals surface area contributed by atoms with Gasteiger partial charge in [-0.2, -0.15) is 0 Å². The lowest BCUT2D eigenvalue weighted by molar-refractivity contribution is -0.139. The van der Waals surface area contributed by atoms with Gasteiger partial charge in [-0.3, -0.25) is 9.36 Å². The van der Waals surface area contributed by atoms with E-state index in [9.17, 15) is 9.59 Å². The molecule has 2 heterocycles. The Balaban J connectivity index is 1.58. The van der Waals surface area contributed by atoms with Crippen LogP contribution in [0.15, 0.2) is 93.9 Å². The number of esters is 1. The molecule has 1 aliphatic heterocycles. The van der Waals surface area contributed by atoms with Crippen LogP contribution in [0.4, 0.5) is 0 Å². The Labute approximate surface area is 253 Å². The van der Waals surface area contributed by atoms with Crippen LogP contribution in [-0.4, -0.2) is 23.2 Å². The van der Waals surface area contributed by atoms with Crippen molar-refractivity contribution in [2.45, 2.75) is 46.4 Å². The van der Waals surface area contributed by atoms with Crippen molar-refractivity contribution in [1.29, 1.82) is 0 Å². The molecule has 0 saturated heterocycles. The van der Waals surface area contributed by atoms with Gasteiger partial charge >= 0.3 is 5.97 Å². The first-order valence-electron chi connectivity index (χ1n) is 13.7. The molecule has 0 amide bonds. The average molecular weight is 603 g/mol. The Morgan fingerprint density at radius 2 is 1.79 bits per heavy atom. The van der Waals surface area contributed by atoms with Crippen LogP contribution >= 0.6 is 22.9 Å². The molecule has 0 unspecified atom stereocenters. The van der Waals surface area contributed by atoms with E-state index in [0.29, 0.717) is 37.1 Å². The number of aromatic nitrogens is 1. The maximum Gasteiger partial charge on any atom is 0.338 e. The average Bonchev–Trinajstić information content (AvgIpc) is 3.26. The number of ether oxygens (including phenoxy) is 3. The molecule has 42 heavy (non-hydrogen) atoms. The molecular formula is C33H31ClN2O5S. The molecule has 0 N–H and O–H groups in total. The summed E-state index contributed by atoms with van der Waals surface area (Å²) in [4.78, 5) is 32.3. The van der Waals surface area contributed by atoms with E-state index >= 15 is 0 Å². The number of halogens is 1. The highest BCUT2D eigenvalue weighted by molar-refractivity contribution is 7.07. The van der Waals surface area contributed by atoms with Crippen molar-refractivity contribution >= 4 is 35.0 Å². The number of para-hydroxylation sites is 1. The van der Waals surface area contributed by atoms with Gasteiger partial charge in [0.25, 0.3) is 5.56 Å². The van der Waals surface area contributed by atoms with Crippen molar-refractivity contribution in [3.8, 4) is 11.5 Å². The molecule has 5 rings (SSSR count). The fourth-order valence-corrected chi connectivity index (χ4v) is 5.98. The first-order valence-corrected chi connectivity index (χ1v) is 14.9. The molecule has 0 fully saturated rings. The molecule has 1 aromatic heterocycles. The summed E-state index contributed by atoms with van der Waals surface area (Å²) in [5.74, 6) is 0.815. The van der Waals surface area contributed by atoms with Gasteiger partial charge in [0.1, 0.15) is 18.1 Å². The zero-order valence-corrected chi connectivity index (χ0v) is 25.4. The minimum Gasteiger partial charge on any atom is -0.491 e. The Hall–Kier alpha value is -4.14. The predicted octanol–water partition coefficient (Wildman–Crippen LogP) is 5.82. The van der Waals surface area contributed by atoms with Crippen molar-refractivity contribution in [2.75, 3.05) is 6.61 Å². The molecule has 7 nitrogen and oxygen atoms in total. The predicted molar refractivity (Wildman–Crippen MR) is 165 cm³/mol. The van der Waals surface area contributed by atoms with Gasteiger partial charge in [0.15, 0.2) is 4.80 Å². The van der Waals surface area contributed by atoms with Gasteiger partial charge in [-0.25, -0.2) is 9.79 Å². The quantitative estimate of drug-likeness (QED) is 0.226. The van der Waals surface area contributed by atoms with Crippen LogP contribution in [0.5, 0.6) is 11.5 Å². The van der Waals surface area contributed by atoms with E-state index in [1.807, 2.05) is 86.6 Å². The molecule has 216 valence electrons. The second kappa shape index (κ2) is 12.8. The topological polar surface area (TPSA) is 79.1 Å². The van der Waals surface area contributed by atoms with Crippen molar-refractivity contribution in [2.24, 2.45) is 4.99 Å². The molecule has 4 aromatic rings. The molecule has 3 aromatic carbocycles. The third-order valence-electron chi connectivity index (χ3n) is 6.63. The minimum absolute atomic E-state index is 0.0160. The summed E-state index contributed by atoms with van der Waals surface area (Å²) in [5.41, 5.74) is 2.93. The SMILES string of the molecule is CCOC(=O)C1=C(C)N=c2s/c(=C/c3ccccc3OCc3ccccc3Cl)c(=O)n2[C@H]1c1ccc(OC(C)C)cc1. The smallest absolute Gasteiger partial charge is 0.338 e. The molecule has 0 spiro atoms. The van der Waals surface area contributed by atoms with Crippen LogP contribution < -0.4 is 24.4 Å². The second-order valence-corrected chi connectivity index (χ2v) is 11.4. The van der Waals surface area contributed by atoms with Gasteiger partial charge in [-0.05, 0) is 63.6 Å². The summed E-state index contributed by atoms with van der Waals surface area (Å²) in [6, 6.07) is 21.7. The van der Waals surface area contributed by atoms with Gasteiger partial charge in [0.05, 0.1) is 34.6 Å². The summed E-state index contributed by atoms with van der Waals surface area (Å²) < 4.78 is 19.4. The lowest BCUT2D eigenvalue weighted by Crippen LogP contribution is -2.39. The molecule has 0 radical (unpaired) electrons. The number of hydrogen-bond acceptors (Lipinski definition) is 7. The van der Waals surface area contributed by atoms with Crippen molar-refractivity contribution in [3.05, 3.63) is 125 Å². The molecule has 0 bridgehead atoms. The number of rotatable bonds is 9. The largest absolute Gasteiger partial charge is 0.491 e. The Bertz CT molecular complexity index is 1820. The zero-order valence-electron chi connectivity index (χ0n) is 23.8. The third kappa shape index (κ3) is 6.20. The summed E-state index contributed by atoms with van der Waals surface area (Å²) in [5, 5.41) is 0.625. The van der Waals surface area contributed by atoms with Gasteiger partial charge in [0, 0.05) is 16.1 Å². The molecule has 9 heteroatoms. The summed E-state index contributed by atoms with van der Waals surface area (Å²) in [6.45, 7) is 7.92. The van der Waals surface area contributed by atoms with E-state index in [2.05, 4.69) is 4.99 Å². The number of benzene rings is 3. The second-order valence-electron chi connectivity index (χ2n) is 9.96. The Kier molecular flexibility index (Phi) is 8.94. The van der Waals surface area contributed by atoms with E-state index in [-0.39, 0.29) is 24.9 Å². The fraction of sp³-hybridized carbons (Fsp3) is 0.242. The number of thiazole rings is 1. The standard InChI is InChI=1S/C33H31ClN2O5S/c1-5-39-32(38)29-21(4)35-33-36(30(29)22-14-16-25(17-15-22)41-20(2)3)31(37)28(42-33)18-23-10-7-9-13-27(23)40-19-24-11-6-8-12-26(24)34/h6-18,20,30H,5,19H2,1-4H3/b28-18+/t30-/m0/s1. The first-order chi connectivity index (χ1) is 20.3. The maximum atomic E-state index is 14.0. The van der Waals surface area contributed by atoms with E-state index in [1.165, 1.54) is 11.3 Å². The summed E-state index contributed by atoms with van der Waals surface area (Å²) in [6.07, 6.45) is 1.81. The van der Waals surface area contributed by atoms with Gasteiger partial charge in [-0.1, -0.05) is 71.5 Å². The molecular weight excluding hydrogens is 572 g/mol. The normalized spacial score (nSPS) is 14.9. The lowest BCUT2D eigenvalue weighted by Gasteiger charge is -2.25. The lowest BCUT2D eigenvalue weighted by atomic mass is 9.96. The first kappa shape index (κ1) is 29.4. The van der Waals surface area contributed by atoms with Crippen molar-refractivity contribution < 1.29 is 19.0 Å². The van der Waals surface area contributed by atoms with Crippen molar-refractivity contribution in [3.63, 3.8) is 0 Å². The summed E-state index contributed by atoms with van der Waals surface area (Å²) >= 11 is 7.58. The van der Waals surface area contributed by atoms with E-state index in [0.717, 1.165) is 16.7 Å². The van der Waals surface area contributed by atoms with Gasteiger partial charge in [-0.15, -0.1) is 0 Å². The third-order valence-corrected chi connectivity index (χ3v) is 7.98. The van der Waals surface area contributed by atoms with Crippen LogP contribution in [0.25, 0.3) is 6.08 Å². The van der Waals surface area contributed by atoms with Crippen molar-refractivity contribution in [1.82, 2.24) is 4.57 Å². The number of allylic oxidation sites excluding steroid dienone is 1. The Morgan fingerprint density at radius 3 is 2.50 bits per heavy atom. The van der Waals surface area contributed by atoms with E-state index < -0.39 is 12.0 Å². The molecule has 1 aliphatic rings. The van der Waals surface area contributed by atoms with Crippen LogP contribution in [0, 0.1) is 0 Å². The number of nitrogens with zero attached hydrogens (tertiary/aromatic N) is 2. The van der Waals surface area contributed by atoms with Crippen LogP contribution in [0.3, 0.4) is 0 Å². The molecule has 1 atom stereocenters. The van der Waals surface area contributed by atoms with Gasteiger partial charge in [0.2, 0.25) is 0 Å². The number of carbonyl (C=O) groups is 1. The maximum absolute atomic E-state index is 14.0. The van der Waals surface area contributed by atoms with Crippen LogP contribution in [0.2, 0.25) is 5.02 Å². The highest BCUT2D eigenvalue weighted by atomic mass is 35.5. The number of hydrogen-bond donors (Lipinski definition) is 0.